The van der Waals surface area contributed by atoms with Gasteiger partial charge < -0.3 is 4.98 Å². The summed E-state index contributed by atoms with van der Waals surface area (Å²) >= 11 is 1.60. The lowest BCUT2D eigenvalue weighted by atomic mass is 10.0. The van der Waals surface area contributed by atoms with Crippen LogP contribution in [0.2, 0.25) is 0 Å². The molecule has 2 nitrogen and oxygen atoms in total. The highest BCUT2D eigenvalue weighted by Crippen LogP contribution is 2.37. The number of hydrogen-bond donors (Lipinski definition) is 1. The van der Waals surface area contributed by atoms with Gasteiger partial charge >= 0.3 is 0 Å². The van der Waals surface area contributed by atoms with Crippen LogP contribution >= 0.6 is 11.8 Å². The summed E-state index contributed by atoms with van der Waals surface area (Å²) in [4.78, 5) is 8.44. The summed E-state index contributed by atoms with van der Waals surface area (Å²) in [6.45, 7) is 5.78. The van der Waals surface area contributed by atoms with Crippen molar-refractivity contribution in [3.8, 4) is 11.1 Å². The number of fused-ring (bicyclic) bond motifs is 1. The highest BCUT2D eigenvalue weighted by Gasteiger charge is 2.15. The molecule has 0 unspecified atom stereocenters. The molecule has 0 aliphatic heterocycles. The smallest absolute Gasteiger partial charge is 0.134 e. The lowest BCUT2D eigenvalue weighted by Crippen LogP contribution is -1.91. The molecule has 0 atom stereocenters. The number of hydrogen-bond acceptors (Lipinski definition) is 2. The molecule has 0 saturated heterocycles. The van der Waals surface area contributed by atoms with Gasteiger partial charge in [-0.15, -0.1) is 11.8 Å². The average molecular weight is 302 g/mol. The number of imidazole rings is 1. The van der Waals surface area contributed by atoms with Crippen molar-refractivity contribution in [1.82, 2.24) is 9.97 Å². The summed E-state index contributed by atoms with van der Waals surface area (Å²) in [5.41, 5.74) is 3.87. The first-order valence-electron chi connectivity index (χ1n) is 6.98. The van der Waals surface area contributed by atoms with E-state index in [-0.39, 0.29) is 5.82 Å². The van der Waals surface area contributed by atoms with E-state index in [0.717, 1.165) is 21.5 Å². The Balaban J connectivity index is 0.000000774. The van der Waals surface area contributed by atoms with Gasteiger partial charge in [0.1, 0.15) is 5.82 Å². The van der Waals surface area contributed by atoms with Gasteiger partial charge in [-0.25, -0.2) is 9.37 Å². The van der Waals surface area contributed by atoms with Gasteiger partial charge in [0.25, 0.3) is 0 Å². The number of benzene rings is 2. The highest BCUT2D eigenvalue weighted by atomic mass is 32.2. The summed E-state index contributed by atoms with van der Waals surface area (Å²) in [6, 6.07) is 9.45. The molecule has 1 heterocycles. The number of aromatic amines is 1. The molecule has 1 N–H and O–H groups in total. The first kappa shape index (κ1) is 15.6. The number of halogens is 1. The Morgan fingerprint density at radius 3 is 2.62 bits per heavy atom. The molecule has 2 aromatic carbocycles. The number of nitrogens with zero attached hydrogens (tertiary/aromatic N) is 1. The van der Waals surface area contributed by atoms with Crippen LogP contribution in [0.4, 0.5) is 4.39 Å². The lowest BCUT2D eigenvalue weighted by molar-refractivity contribution is 0.622. The molecule has 3 aromatic rings. The van der Waals surface area contributed by atoms with E-state index in [1.54, 1.807) is 31.1 Å². The number of H-pyrrole nitrogens is 1. The zero-order chi connectivity index (χ0) is 15.4. The van der Waals surface area contributed by atoms with Crippen molar-refractivity contribution in [2.75, 3.05) is 6.26 Å². The molecule has 0 aliphatic rings. The Kier molecular flexibility index (Phi) is 5.02. The van der Waals surface area contributed by atoms with E-state index >= 15 is 0 Å². The zero-order valence-electron chi connectivity index (χ0n) is 12.7. The van der Waals surface area contributed by atoms with Gasteiger partial charge in [-0.2, -0.15) is 0 Å². The van der Waals surface area contributed by atoms with Gasteiger partial charge in [0.2, 0.25) is 0 Å². The maximum absolute atomic E-state index is 14.4. The molecule has 0 spiro atoms. The number of aromatic nitrogens is 2. The molecule has 0 saturated carbocycles. The zero-order valence-corrected chi connectivity index (χ0v) is 13.5. The van der Waals surface area contributed by atoms with Crippen LogP contribution in [-0.4, -0.2) is 16.2 Å². The molecular weight excluding hydrogens is 283 g/mol. The Hall–Kier alpha value is -1.81. The first-order chi connectivity index (χ1) is 10.2. The van der Waals surface area contributed by atoms with E-state index in [9.17, 15) is 4.39 Å². The quantitative estimate of drug-likeness (QED) is 0.640. The minimum Gasteiger partial charge on any atom is -0.345 e. The second-order valence-corrected chi connectivity index (χ2v) is 5.23. The van der Waals surface area contributed by atoms with Crippen LogP contribution in [0, 0.1) is 12.7 Å². The first-order valence-corrected chi connectivity index (χ1v) is 8.20. The van der Waals surface area contributed by atoms with Gasteiger partial charge in [0.05, 0.1) is 17.4 Å². The summed E-state index contributed by atoms with van der Waals surface area (Å²) in [7, 11) is 0. The second kappa shape index (κ2) is 6.76. The summed E-state index contributed by atoms with van der Waals surface area (Å²) in [6.07, 6.45) is 3.64. The van der Waals surface area contributed by atoms with Crippen molar-refractivity contribution in [2.45, 2.75) is 25.7 Å². The summed E-state index contributed by atoms with van der Waals surface area (Å²) in [5.74, 6) is -0.173. The number of nitrogens with one attached hydrogen (secondary N) is 1. The Labute approximate surface area is 128 Å². The fraction of sp³-hybridized carbons (Fsp3) is 0.235. The minimum absolute atomic E-state index is 0.173. The lowest BCUT2D eigenvalue weighted by Gasteiger charge is -2.11. The van der Waals surface area contributed by atoms with Crippen LogP contribution in [0.25, 0.3) is 22.2 Å². The number of rotatable bonds is 2. The fourth-order valence-electron chi connectivity index (χ4n) is 2.26. The monoisotopic (exact) mass is 302 g/mol. The molecule has 110 valence electrons. The molecule has 0 fully saturated rings. The number of aryl methyl sites for hydroxylation is 1. The minimum atomic E-state index is -0.173. The molecule has 1 aromatic heterocycles. The van der Waals surface area contributed by atoms with Crippen molar-refractivity contribution in [1.29, 1.82) is 0 Å². The largest absolute Gasteiger partial charge is 0.345 e. The van der Waals surface area contributed by atoms with Crippen LogP contribution in [-0.2, 0) is 0 Å². The van der Waals surface area contributed by atoms with E-state index in [0.29, 0.717) is 11.1 Å². The Bertz CT molecular complexity index is 750. The molecule has 3 rings (SSSR count). The fourth-order valence-corrected chi connectivity index (χ4v) is 2.88. The van der Waals surface area contributed by atoms with Crippen molar-refractivity contribution < 1.29 is 4.39 Å². The van der Waals surface area contributed by atoms with Crippen molar-refractivity contribution >= 4 is 22.8 Å². The van der Waals surface area contributed by atoms with Crippen LogP contribution in [0.3, 0.4) is 0 Å². The molecule has 0 radical (unpaired) electrons. The van der Waals surface area contributed by atoms with Gasteiger partial charge in [0, 0.05) is 16.0 Å². The van der Waals surface area contributed by atoms with Gasteiger partial charge in [-0.05, 0) is 30.9 Å². The van der Waals surface area contributed by atoms with Gasteiger partial charge in [-0.3, -0.25) is 0 Å². The Morgan fingerprint density at radius 2 is 1.90 bits per heavy atom. The van der Waals surface area contributed by atoms with Crippen molar-refractivity contribution in [3.63, 3.8) is 0 Å². The Morgan fingerprint density at radius 1 is 1.14 bits per heavy atom. The molecule has 0 bridgehead atoms. The third-order valence-corrected chi connectivity index (χ3v) is 4.01. The summed E-state index contributed by atoms with van der Waals surface area (Å²) < 4.78 is 14.4. The van der Waals surface area contributed by atoms with Crippen LogP contribution in [0.1, 0.15) is 19.4 Å². The number of thioether (sulfide) groups is 1. The average Bonchev–Trinajstić information content (AvgIpc) is 3.00. The topological polar surface area (TPSA) is 28.7 Å². The maximum Gasteiger partial charge on any atom is 0.134 e. The normalized spacial score (nSPS) is 10.3. The molecule has 4 heteroatoms. The van der Waals surface area contributed by atoms with Crippen LogP contribution in [0.5, 0.6) is 0 Å². The van der Waals surface area contributed by atoms with E-state index < -0.39 is 0 Å². The second-order valence-electron chi connectivity index (χ2n) is 4.38. The predicted molar refractivity (Wildman–Crippen MR) is 89.4 cm³/mol. The van der Waals surface area contributed by atoms with Gasteiger partial charge in [-0.1, -0.05) is 32.0 Å². The van der Waals surface area contributed by atoms with E-state index in [2.05, 4.69) is 9.97 Å². The molecular formula is C17H19FN2S. The van der Waals surface area contributed by atoms with Crippen molar-refractivity contribution in [3.05, 3.63) is 48.0 Å². The van der Waals surface area contributed by atoms with E-state index in [1.165, 1.54) is 0 Å². The van der Waals surface area contributed by atoms with Gasteiger partial charge in [0.15, 0.2) is 0 Å². The van der Waals surface area contributed by atoms with Crippen LogP contribution < -0.4 is 0 Å². The molecule has 21 heavy (non-hydrogen) atoms. The van der Waals surface area contributed by atoms with Crippen LogP contribution in [0.15, 0.2) is 41.6 Å². The maximum atomic E-state index is 14.4. The standard InChI is InChI=1S/C15H13FN2S.C2H6/c1-9-4-3-5-10(14(9)16)13-12(19-2)7-6-11-15(13)18-8-17-11;1-2/h3-8H,1-2H3,(H,17,18);1-2H3. The molecule has 0 amide bonds. The summed E-state index contributed by atoms with van der Waals surface area (Å²) in [5, 5.41) is 0. The van der Waals surface area contributed by atoms with E-state index in [1.807, 2.05) is 44.4 Å². The van der Waals surface area contributed by atoms with Crippen molar-refractivity contribution in [2.24, 2.45) is 0 Å². The predicted octanol–water partition coefficient (Wildman–Crippen LogP) is 5.43. The highest BCUT2D eigenvalue weighted by molar-refractivity contribution is 7.98. The third-order valence-electron chi connectivity index (χ3n) is 3.23. The molecule has 0 aliphatic carbocycles. The SMILES string of the molecule is CC.CSc1ccc2[nH]cnc2c1-c1cccc(C)c1F. The van der Waals surface area contributed by atoms with E-state index in [4.69, 9.17) is 0 Å². The third kappa shape index (κ3) is 2.81.